The summed E-state index contributed by atoms with van der Waals surface area (Å²) in [6, 6.07) is 11.5. The van der Waals surface area contributed by atoms with Crippen LogP contribution in [0.1, 0.15) is 34.1 Å². The standard InChI is InChI=1S/C26H22N2O5S/c1-13-10-15(3)21-19(11-13)34-26(27-21)28-22(18-6-5-9-33-18)20(24(30)25(28)31)23(29)16-7-8-17(32-4)14(2)12-16/h5-12,22,29H,1-4H3/b23-20+/t22-/m1/s1. The molecule has 1 amide bonds. The van der Waals surface area contributed by atoms with Gasteiger partial charge in [0.25, 0.3) is 5.78 Å². The number of amides is 1. The minimum atomic E-state index is -0.945. The van der Waals surface area contributed by atoms with E-state index in [0.29, 0.717) is 22.2 Å². The lowest BCUT2D eigenvalue weighted by molar-refractivity contribution is -0.132. The van der Waals surface area contributed by atoms with Crippen molar-refractivity contribution in [1.82, 2.24) is 4.98 Å². The molecule has 34 heavy (non-hydrogen) atoms. The predicted octanol–water partition coefficient (Wildman–Crippen LogP) is 5.45. The Hall–Kier alpha value is -3.91. The van der Waals surface area contributed by atoms with Gasteiger partial charge in [-0.2, -0.15) is 0 Å². The maximum absolute atomic E-state index is 13.3. The normalized spacial score (nSPS) is 17.6. The molecule has 1 fully saturated rings. The number of aryl methyl sites for hydroxylation is 3. The minimum Gasteiger partial charge on any atom is -0.507 e. The molecule has 8 heteroatoms. The van der Waals surface area contributed by atoms with Crippen molar-refractivity contribution in [2.24, 2.45) is 0 Å². The lowest BCUT2D eigenvalue weighted by Gasteiger charge is -2.20. The maximum Gasteiger partial charge on any atom is 0.302 e. The molecule has 5 rings (SSSR count). The number of hydrogen-bond donors (Lipinski definition) is 1. The number of fused-ring (bicyclic) bond motifs is 1. The van der Waals surface area contributed by atoms with Crippen molar-refractivity contribution in [2.45, 2.75) is 26.8 Å². The molecule has 2 aromatic carbocycles. The van der Waals surface area contributed by atoms with E-state index in [2.05, 4.69) is 0 Å². The van der Waals surface area contributed by atoms with Gasteiger partial charge in [-0.15, -0.1) is 0 Å². The summed E-state index contributed by atoms with van der Waals surface area (Å²) in [6.45, 7) is 5.80. The lowest BCUT2D eigenvalue weighted by atomic mass is 9.98. The van der Waals surface area contributed by atoms with Gasteiger partial charge in [0.2, 0.25) is 0 Å². The molecule has 4 aromatic rings. The number of Topliss-reactive ketones (excluding diaryl/α,β-unsaturated/α-hetero) is 1. The molecule has 0 radical (unpaired) electrons. The Kier molecular flexibility index (Phi) is 5.25. The van der Waals surface area contributed by atoms with Crippen LogP contribution >= 0.6 is 11.3 Å². The van der Waals surface area contributed by atoms with Gasteiger partial charge in [0, 0.05) is 5.56 Å². The molecular weight excluding hydrogens is 452 g/mol. The number of rotatable bonds is 4. The third kappa shape index (κ3) is 3.38. The minimum absolute atomic E-state index is 0.0447. The molecule has 0 aliphatic carbocycles. The quantitative estimate of drug-likeness (QED) is 0.240. The van der Waals surface area contributed by atoms with Crippen LogP contribution in [-0.2, 0) is 9.59 Å². The molecule has 0 unspecified atom stereocenters. The largest absolute Gasteiger partial charge is 0.507 e. The first-order valence-corrected chi connectivity index (χ1v) is 11.5. The van der Waals surface area contributed by atoms with E-state index in [1.807, 2.05) is 32.9 Å². The molecule has 1 saturated heterocycles. The third-order valence-electron chi connectivity index (χ3n) is 5.95. The fourth-order valence-electron chi connectivity index (χ4n) is 4.39. The molecule has 1 aliphatic rings. The SMILES string of the molecule is COc1ccc(/C(O)=C2\C(=O)C(=O)N(c3nc4c(C)cc(C)cc4s3)[C@@H]2c2ccco2)cc1C. The van der Waals surface area contributed by atoms with E-state index in [1.54, 1.807) is 37.4 Å². The number of aliphatic hydroxyl groups is 1. The van der Waals surface area contributed by atoms with Gasteiger partial charge in [0.05, 0.1) is 29.2 Å². The van der Waals surface area contributed by atoms with Gasteiger partial charge < -0.3 is 14.3 Å². The van der Waals surface area contributed by atoms with Crippen molar-refractivity contribution in [3.05, 3.63) is 82.3 Å². The van der Waals surface area contributed by atoms with Crippen LogP contribution in [0.4, 0.5) is 5.13 Å². The van der Waals surface area contributed by atoms with Crippen LogP contribution in [0.5, 0.6) is 5.75 Å². The topological polar surface area (TPSA) is 92.9 Å². The van der Waals surface area contributed by atoms with Crippen LogP contribution in [-0.4, -0.2) is 28.9 Å². The number of benzene rings is 2. The van der Waals surface area contributed by atoms with E-state index in [4.69, 9.17) is 14.1 Å². The Bertz CT molecular complexity index is 1480. The van der Waals surface area contributed by atoms with Gasteiger partial charge in [-0.25, -0.2) is 4.98 Å². The Morgan fingerprint density at radius 2 is 1.91 bits per heavy atom. The second-order valence-electron chi connectivity index (χ2n) is 8.29. The second kappa shape index (κ2) is 8.14. The summed E-state index contributed by atoms with van der Waals surface area (Å²) in [7, 11) is 1.56. The smallest absolute Gasteiger partial charge is 0.302 e. The Morgan fingerprint density at radius 1 is 1.12 bits per heavy atom. The number of aliphatic hydroxyl groups excluding tert-OH is 1. The number of methoxy groups -OCH3 is 1. The summed E-state index contributed by atoms with van der Waals surface area (Å²) < 4.78 is 11.8. The molecule has 0 bridgehead atoms. The summed E-state index contributed by atoms with van der Waals surface area (Å²) in [5.74, 6) is -0.819. The number of ketones is 1. The van der Waals surface area contributed by atoms with Crippen LogP contribution in [0.15, 0.2) is 58.7 Å². The predicted molar refractivity (Wildman–Crippen MR) is 130 cm³/mol. The summed E-state index contributed by atoms with van der Waals surface area (Å²) in [5, 5.41) is 11.6. The van der Waals surface area contributed by atoms with Crippen LogP contribution in [0.25, 0.3) is 16.0 Å². The lowest BCUT2D eigenvalue weighted by Crippen LogP contribution is -2.29. The van der Waals surface area contributed by atoms with E-state index in [0.717, 1.165) is 26.9 Å². The van der Waals surface area contributed by atoms with Gasteiger partial charge in [0.1, 0.15) is 23.3 Å². The average Bonchev–Trinajstić information content (AvgIpc) is 3.52. The highest BCUT2D eigenvalue weighted by molar-refractivity contribution is 7.22. The van der Waals surface area contributed by atoms with E-state index >= 15 is 0 Å². The first-order valence-electron chi connectivity index (χ1n) is 10.7. The fraction of sp³-hybridized carbons (Fsp3) is 0.192. The Balaban J connectivity index is 1.71. The van der Waals surface area contributed by atoms with Crippen molar-refractivity contribution in [3.63, 3.8) is 0 Å². The summed E-state index contributed by atoms with van der Waals surface area (Å²) in [6.07, 6.45) is 1.47. The highest BCUT2D eigenvalue weighted by atomic mass is 32.1. The molecule has 0 saturated carbocycles. The zero-order valence-electron chi connectivity index (χ0n) is 19.1. The molecule has 1 atom stereocenters. The number of thiazole rings is 1. The zero-order chi connectivity index (χ0) is 24.1. The van der Waals surface area contributed by atoms with Crippen LogP contribution in [0.3, 0.4) is 0 Å². The highest BCUT2D eigenvalue weighted by Crippen LogP contribution is 2.45. The molecule has 2 aromatic heterocycles. The number of aromatic nitrogens is 1. The van der Waals surface area contributed by atoms with Gasteiger partial charge >= 0.3 is 5.91 Å². The van der Waals surface area contributed by atoms with Gasteiger partial charge in [0.15, 0.2) is 5.13 Å². The maximum atomic E-state index is 13.3. The first-order chi connectivity index (χ1) is 16.3. The summed E-state index contributed by atoms with van der Waals surface area (Å²) in [4.78, 5) is 32.6. The molecule has 0 spiro atoms. The highest BCUT2D eigenvalue weighted by Gasteiger charge is 2.49. The zero-order valence-corrected chi connectivity index (χ0v) is 19.9. The number of anilines is 1. The first kappa shape index (κ1) is 21.9. The number of ether oxygens (including phenoxy) is 1. The van der Waals surface area contributed by atoms with Crippen molar-refractivity contribution in [2.75, 3.05) is 12.0 Å². The van der Waals surface area contributed by atoms with Crippen molar-refractivity contribution in [3.8, 4) is 5.75 Å². The molecular formula is C26H22N2O5S. The van der Waals surface area contributed by atoms with Crippen LogP contribution < -0.4 is 9.64 Å². The molecule has 3 heterocycles. The second-order valence-corrected chi connectivity index (χ2v) is 9.30. The molecule has 1 N–H and O–H groups in total. The number of nitrogens with zero attached hydrogens (tertiary/aromatic N) is 2. The average molecular weight is 475 g/mol. The van der Waals surface area contributed by atoms with Gasteiger partial charge in [-0.3, -0.25) is 14.5 Å². The van der Waals surface area contributed by atoms with E-state index < -0.39 is 17.7 Å². The van der Waals surface area contributed by atoms with Crippen LogP contribution in [0, 0.1) is 20.8 Å². The fourth-order valence-corrected chi connectivity index (χ4v) is 5.56. The van der Waals surface area contributed by atoms with E-state index in [1.165, 1.54) is 22.5 Å². The Morgan fingerprint density at radius 3 is 2.59 bits per heavy atom. The van der Waals surface area contributed by atoms with Crippen molar-refractivity contribution >= 4 is 44.1 Å². The third-order valence-corrected chi connectivity index (χ3v) is 6.95. The molecule has 7 nitrogen and oxygen atoms in total. The summed E-state index contributed by atoms with van der Waals surface area (Å²) >= 11 is 1.33. The Labute approximate surface area is 199 Å². The number of furan rings is 1. The number of carbonyl (C=O) groups excluding carboxylic acids is 2. The van der Waals surface area contributed by atoms with Gasteiger partial charge in [-0.1, -0.05) is 17.4 Å². The monoisotopic (exact) mass is 474 g/mol. The number of hydrogen-bond acceptors (Lipinski definition) is 7. The van der Waals surface area contributed by atoms with Crippen molar-refractivity contribution in [1.29, 1.82) is 0 Å². The van der Waals surface area contributed by atoms with Crippen molar-refractivity contribution < 1.29 is 23.8 Å². The van der Waals surface area contributed by atoms with Gasteiger partial charge in [-0.05, 0) is 73.9 Å². The summed E-state index contributed by atoms with van der Waals surface area (Å²) in [5.41, 5.74) is 3.99. The van der Waals surface area contributed by atoms with Crippen LogP contribution in [0.2, 0.25) is 0 Å². The molecule has 172 valence electrons. The molecule has 1 aliphatic heterocycles. The number of carbonyl (C=O) groups is 2. The van der Waals surface area contributed by atoms with E-state index in [9.17, 15) is 14.7 Å². The van der Waals surface area contributed by atoms with E-state index in [-0.39, 0.29) is 11.3 Å².